The first-order valence-corrected chi connectivity index (χ1v) is 6.03. The summed E-state index contributed by atoms with van der Waals surface area (Å²) in [5, 5.41) is 9.38. The maximum absolute atomic E-state index is 9.38. The summed E-state index contributed by atoms with van der Waals surface area (Å²) in [6.07, 6.45) is 3.62. The highest BCUT2D eigenvalue weighted by molar-refractivity contribution is 5.45. The minimum atomic E-state index is -0.339. The van der Waals surface area contributed by atoms with Crippen LogP contribution in [0.25, 0.3) is 0 Å². The number of anilines is 1. The number of methoxy groups -OCH3 is 1. The standard InChI is InChI=1S/C13H20N2O2/c1-11-3-4-12(9-14-11)15-7-5-13(10-16,17-2)6-8-15/h3-4,9,16H,5-8,10H2,1-2H3. The summed E-state index contributed by atoms with van der Waals surface area (Å²) in [6, 6.07) is 4.13. The second-order valence-corrected chi connectivity index (χ2v) is 4.69. The monoisotopic (exact) mass is 236 g/mol. The second-order valence-electron chi connectivity index (χ2n) is 4.69. The highest BCUT2D eigenvalue weighted by Gasteiger charge is 2.33. The number of hydrogen-bond donors (Lipinski definition) is 1. The SMILES string of the molecule is COC1(CO)CCN(c2ccc(C)nc2)CC1. The topological polar surface area (TPSA) is 45.6 Å². The summed E-state index contributed by atoms with van der Waals surface area (Å²) in [6.45, 7) is 3.89. The third kappa shape index (κ3) is 2.58. The Morgan fingerprint density at radius 3 is 2.59 bits per heavy atom. The lowest BCUT2D eigenvalue weighted by atomic mass is 9.92. The van der Waals surface area contributed by atoms with Crippen molar-refractivity contribution in [3.63, 3.8) is 0 Å². The van der Waals surface area contributed by atoms with E-state index < -0.39 is 0 Å². The van der Waals surface area contributed by atoms with Crippen LogP contribution in [0.4, 0.5) is 5.69 Å². The van der Waals surface area contributed by atoms with Gasteiger partial charge in [-0.1, -0.05) is 0 Å². The first-order valence-electron chi connectivity index (χ1n) is 6.03. The van der Waals surface area contributed by atoms with Crippen molar-refractivity contribution in [2.75, 3.05) is 31.7 Å². The van der Waals surface area contributed by atoms with E-state index in [1.165, 1.54) is 0 Å². The number of aliphatic hydroxyl groups is 1. The minimum absolute atomic E-state index is 0.101. The first kappa shape index (κ1) is 12.3. The second kappa shape index (κ2) is 5.02. The van der Waals surface area contributed by atoms with E-state index >= 15 is 0 Å². The summed E-state index contributed by atoms with van der Waals surface area (Å²) in [5.74, 6) is 0. The van der Waals surface area contributed by atoms with Gasteiger partial charge in [-0.2, -0.15) is 0 Å². The molecule has 0 spiro atoms. The molecule has 1 aromatic heterocycles. The number of aromatic nitrogens is 1. The predicted octanol–water partition coefficient (Wildman–Crippen LogP) is 1.37. The van der Waals surface area contributed by atoms with Crippen molar-refractivity contribution in [2.24, 2.45) is 0 Å². The fraction of sp³-hybridized carbons (Fsp3) is 0.615. The Kier molecular flexibility index (Phi) is 3.64. The molecule has 1 aromatic rings. The van der Waals surface area contributed by atoms with Crippen LogP contribution in [0, 0.1) is 6.92 Å². The molecule has 1 N–H and O–H groups in total. The van der Waals surface area contributed by atoms with E-state index in [4.69, 9.17) is 4.74 Å². The van der Waals surface area contributed by atoms with Crippen LogP contribution in [0.3, 0.4) is 0 Å². The van der Waals surface area contributed by atoms with Crippen molar-refractivity contribution < 1.29 is 9.84 Å². The van der Waals surface area contributed by atoms with Crippen LogP contribution < -0.4 is 4.90 Å². The molecule has 0 atom stereocenters. The summed E-state index contributed by atoms with van der Waals surface area (Å²) >= 11 is 0. The summed E-state index contributed by atoms with van der Waals surface area (Å²) in [5.41, 5.74) is 1.85. The normalized spacial score (nSPS) is 19.4. The predicted molar refractivity (Wildman–Crippen MR) is 67.2 cm³/mol. The molecule has 94 valence electrons. The van der Waals surface area contributed by atoms with Crippen molar-refractivity contribution >= 4 is 5.69 Å². The maximum atomic E-state index is 9.38. The van der Waals surface area contributed by atoms with Crippen LogP contribution in [0.5, 0.6) is 0 Å². The molecule has 0 aliphatic carbocycles. The maximum Gasteiger partial charge on any atom is 0.0941 e. The largest absolute Gasteiger partial charge is 0.393 e. The van der Waals surface area contributed by atoms with Crippen LogP contribution in [-0.4, -0.2) is 42.5 Å². The summed E-state index contributed by atoms with van der Waals surface area (Å²) in [7, 11) is 1.68. The Hall–Kier alpha value is -1.13. The summed E-state index contributed by atoms with van der Waals surface area (Å²) in [4.78, 5) is 6.60. The van der Waals surface area contributed by atoms with Gasteiger partial charge in [-0.05, 0) is 31.9 Å². The Morgan fingerprint density at radius 2 is 2.12 bits per heavy atom. The fourth-order valence-corrected chi connectivity index (χ4v) is 2.25. The zero-order valence-electron chi connectivity index (χ0n) is 10.5. The Morgan fingerprint density at radius 1 is 1.41 bits per heavy atom. The molecule has 4 nitrogen and oxygen atoms in total. The molecule has 0 amide bonds. The Balaban J connectivity index is 2.01. The van der Waals surface area contributed by atoms with Crippen molar-refractivity contribution in [1.82, 2.24) is 4.98 Å². The van der Waals surface area contributed by atoms with Gasteiger partial charge < -0.3 is 14.7 Å². The smallest absolute Gasteiger partial charge is 0.0941 e. The number of ether oxygens (including phenoxy) is 1. The molecule has 1 aliphatic heterocycles. The number of nitrogens with zero attached hydrogens (tertiary/aromatic N) is 2. The Labute approximate surface area is 102 Å². The quantitative estimate of drug-likeness (QED) is 0.861. The molecular weight excluding hydrogens is 216 g/mol. The molecule has 0 aromatic carbocycles. The van der Waals surface area contributed by atoms with Gasteiger partial charge in [0.15, 0.2) is 0 Å². The van der Waals surface area contributed by atoms with Gasteiger partial charge in [-0.25, -0.2) is 0 Å². The van der Waals surface area contributed by atoms with Gasteiger partial charge in [-0.15, -0.1) is 0 Å². The molecule has 2 heterocycles. The van der Waals surface area contributed by atoms with E-state index in [1.807, 2.05) is 19.2 Å². The van der Waals surface area contributed by atoms with E-state index in [0.717, 1.165) is 37.3 Å². The number of piperidine rings is 1. The van der Waals surface area contributed by atoms with E-state index in [1.54, 1.807) is 7.11 Å². The van der Waals surface area contributed by atoms with Gasteiger partial charge in [0.1, 0.15) is 0 Å². The highest BCUT2D eigenvalue weighted by atomic mass is 16.5. The van der Waals surface area contributed by atoms with Crippen LogP contribution in [0.1, 0.15) is 18.5 Å². The molecule has 2 rings (SSSR count). The lowest BCUT2D eigenvalue weighted by molar-refractivity contribution is -0.0672. The van der Waals surface area contributed by atoms with E-state index in [9.17, 15) is 5.11 Å². The van der Waals surface area contributed by atoms with Gasteiger partial charge in [0.05, 0.1) is 24.1 Å². The zero-order valence-corrected chi connectivity index (χ0v) is 10.5. The molecule has 0 saturated carbocycles. The molecule has 0 bridgehead atoms. The molecule has 1 aliphatic rings. The molecule has 0 unspecified atom stereocenters. The van der Waals surface area contributed by atoms with Crippen molar-refractivity contribution in [1.29, 1.82) is 0 Å². The number of hydrogen-bond acceptors (Lipinski definition) is 4. The minimum Gasteiger partial charge on any atom is -0.393 e. The van der Waals surface area contributed by atoms with Crippen LogP contribution in [-0.2, 0) is 4.74 Å². The fourth-order valence-electron chi connectivity index (χ4n) is 2.25. The van der Waals surface area contributed by atoms with Gasteiger partial charge in [-0.3, -0.25) is 4.98 Å². The van der Waals surface area contributed by atoms with Crippen LogP contribution in [0.15, 0.2) is 18.3 Å². The third-order valence-electron chi connectivity index (χ3n) is 3.66. The molecule has 1 fully saturated rings. The number of rotatable bonds is 3. The van der Waals surface area contributed by atoms with Gasteiger partial charge >= 0.3 is 0 Å². The van der Waals surface area contributed by atoms with Crippen molar-refractivity contribution in [2.45, 2.75) is 25.4 Å². The van der Waals surface area contributed by atoms with E-state index in [2.05, 4.69) is 16.0 Å². The Bertz CT molecular complexity index is 350. The molecule has 4 heteroatoms. The van der Waals surface area contributed by atoms with Crippen molar-refractivity contribution in [3.8, 4) is 0 Å². The molecule has 1 saturated heterocycles. The molecule has 0 radical (unpaired) electrons. The zero-order chi connectivity index (χ0) is 12.3. The average Bonchev–Trinajstić information content (AvgIpc) is 2.40. The van der Waals surface area contributed by atoms with Crippen LogP contribution >= 0.6 is 0 Å². The molecule has 17 heavy (non-hydrogen) atoms. The van der Waals surface area contributed by atoms with Gasteiger partial charge in [0.2, 0.25) is 0 Å². The van der Waals surface area contributed by atoms with Crippen LogP contribution in [0.2, 0.25) is 0 Å². The highest BCUT2D eigenvalue weighted by Crippen LogP contribution is 2.28. The average molecular weight is 236 g/mol. The molecular formula is C13H20N2O2. The number of aliphatic hydroxyl groups excluding tert-OH is 1. The number of aryl methyl sites for hydroxylation is 1. The third-order valence-corrected chi connectivity index (χ3v) is 3.66. The van der Waals surface area contributed by atoms with E-state index in [0.29, 0.717) is 0 Å². The lowest BCUT2D eigenvalue weighted by Crippen LogP contribution is -2.48. The van der Waals surface area contributed by atoms with Gasteiger partial charge in [0.25, 0.3) is 0 Å². The first-order chi connectivity index (χ1) is 8.19. The van der Waals surface area contributed by atoms with E-state index in [-0.39, 0.29) is 12.2 Å². The summed E-state index contributed by atoms with van der Waals surface area (Å²) < 4.78 is 5.44. The lowest BCUT2D eigenvalue weighted by Gasteiger charge is -2.40. The number of pyridine rings is 1. The van der Waals surface area contributed by atoms with Crippen molar-refractivity contribution in [3.05, 3.63) is 24.0 Å². The van der Waals surface area contributed by atoms with Gasteiger partial charge in [0, 0.05) is 25.9 Å².